The number of amides is 1. The van der Waals surface area contributed by atoms with Gasteiger partial charge in [-0.2, -0.15) is 5.10 Å². The SMILES string of the molecule is C[C@H](C(=O)NCCc1ccccc1)n1c2ccccc2c2cn[nH]c(=O)c21. The molecule has 6 heteroatoms. The molecule has 0 saturated carbocycles. The Morgan fingerprint density at radius 1 is 1.11 bits per heavy atom. The third-order valence-electron chi connectivity index (χ3n) is 4.85. The number of carbonyl (C=O) groups excluding carboxylic acids is 1. The molecule has 136 valence electrons. The van der Waals surface area contributed by atoms with Crippen molar-refractivity contribution >= 4 is 27.7 Å². The summed E-state index contributed by atoms with van der Waals surface area (Å²) in [4.78, 5) is 25.2. The molecule has 4 aromatic rings. The van der Waals surface area contributed by atoms with Crippen LogP contribution in [-0.4, -0.2) is 27.2 Å². The van der Waals surface area contributed by atoms with Gasteiger partial charge in [-0.05, 0) is 25.0 Å². The maximum absolute atomic E-state index is 12.8. The molecule has 2 aromatic heterocycles. The summed E-state index contributed by atoms with van der Waals surface area (Å²) in [5, 5.41) is 11.0. The Hall–Kier alpha value is -3.41. The van der Waals surface area contributed by atoms with Crippen LogP contribution in [0.25, 0.3) is 21.8 Å². The molecule has 0 radical (unpaired) electrons. The van der Waals surface area contributed by atoms with E-state index in [2.05, 4.69) is 15.5 Å². The zero-order chi connectivity index (χ0) is 18.8. The Labute approximate surface area is 155 Å². The second-order valence-electron chi connectivity index (χ2n) is 6.55. The predicted octanol–water partition coefficient (Wildman–Crippen LogP) is 2.80. The largest absolute Gasteiger partial charge is 0.354 e. The van der Waals surface area contributed by atoms with Crippen molar-refractivity contribution < 1.29 is 4.79 Å². The summed E-state index contributed by atoms with van der Waals surface area (Å²) in [6.45, 7) is 2.35. The number of H-pyrrole nitrogens is 1. The Morgan fingerprint density at radius 2 is 1.85 bits per heavy atom. The van der Waals surface area contributed by atoms with Gasteiger partial charge in [-0.15, -0.1) is 0 Å². The second kappa shape index (κ2) is 7.07. The first-order valence-corrected chi connectivity index (χ1v) is 8.95. The van der Waals surface area contributed by atoms with E-state index in [9.17, 15) is 9.59 Å². The number of nitrogens with zero attached hydrogens (tertiary/aromatic N) is 2. The van der Waals surface area contributed by atoms with Gasteiger partial charge in [0.2, 0.25) is 5.91 Å². The van der Waals surface area contributed by atoms with E-state index in [0.717, 1.165) is 22.7 Å². The Balaban J connectivity index is 1.64. The van der Waals surface area contributed by atoms with Crippen molar-refractivity contribution in [2.75, 3.05) is 6.54 Å². The Bertz CT molecular complexity index is 1160. The average Bonchev–Trinajstić information content (AvgIpc) is 3.04. The lowest BCUT2D eigenvalue weighted by molar-refractivity contribution is -0.123. The van der Waals surface area contributed by atoms with Gasteiger partial charge in [-0.1, -0.05) is 48.5 Å². The molecule has 1 atom stereocenters. The second-order valence-corrected chi connectivity index (χ2v) is 6.55. The summed E-state index contributed by atoms with van der Waals surface area (Å²) < 4.78 is 1.79. The molecule has 0 unspecified atom stereocenters. The lowest BCUT2D eigenvalue weighted by atomic mass is 10.1. The third kappa shape index (κ3) is 3.10. The minimum atomic E-state index is -0.522. The predicted molar refractivity (Wildman–Crippen MR) is 106 cm³/mol. The molecule has 2 aromatic carbocycles. The number of hydrogen-bond acceptors (Lipinski definition) is 3. The smallest absolute Gasteiger partial charge is 0.288 e. The van der Waals surface area contributed by atoms with Crippen molar-refractivity contribution in [1.29, 1.82) is 0 Å². The standard InChI is InChI=1S/C21H20N4O2/c1-14(20(26)22-12-11-15-7-3-2-4-8-15)25-18-10-6-5-9-16(18)17-13-23-24-21(27)19(17)25/h2-10,13-14H,11-12H2,1H3,(H,22,26)(H,24,27)/t14-/m1/s1. The number of fused-ring (bicyclic) bond motifs is 3. The topological polar surface area (TPSA) is 79.8 Å². The van der Waals surface area contributed by atoms with Crippen LogP contribution in [0.3, 0.4) is 0 Å². The molecule has 4 rings (SSSR count). The van der Waals surface area contributed by atoms with Crippen LogP contribution in [0.1, 0.15) is 18.5 Å². The van der Waals surface area contributed by atoms with Gasteiger partial charge in [0.1, 0.15) is 11.6 Å². The van der Waals surface area contributed by atoms with Crippen molar-refractivity contribution in [3.05, 3.63) is 76.7 Å². The Morgan fingerprint density at radius 3 is 2.67 bits per heavy atom. The molecule has 0 bridgehead atoms. The first kappa shape index (κ1) is 17.0. The third-order valence-corrected chi connectivity index (χ3v) is 4.85. The number of carbonyl (C=O) groups is 1. The fraction of sp³-hybridized carbons (Fsp3) is 0.190. The number of rotatable bonds is 5. The summed E-state index contributed by atoms with van der Waals surface area (Å²) in [7, 11) is 0. The van der Waals surface area contributed by atoms with E-state index in [4.69, 9.17) is 0 Å². The normalized spacial score (nSPS) is 12.3. The van der Waals surface area contributed by atoms with Crippen LogP contribution in [0.4, 0.5) is 0 Å². The zero-order valence-electron chi connectivity index (χ0n) is 15.0. The summed E-state index contributed by atoms with van der Waals surface area (Å²) >= 11 is 0. The van der Waals surface area contributed by atoms with Gasteiger partial charge >= 0.3 is 0 Å². The van der Waals surface area contributed by atoms with E-state index in [1.54, 1.807) is 10.8 Å². The van der Waals surface area contributed by atoms with Crippen molar-refractivity contribution in [3.63, 3.8) is 0 Å². The summed E-state index contributed by atoms with van der Waals surface area (Å²) in [5.41, 5.74) is 2.19. The molecular weight excluding hydrogens is 340 g/mol. The molecule has 0 spiro atoms. The Kier molecular flexibility index (Phi) is 4.46. The molecule has 0 fully saturated rings. The van der Waals surface area contributed by atoms with Crippen molar-refractivity contribution in [3.8, 4) is 0 Å². The van der Waals surface area contributed by atoms with Crippen LogP contribution in [0.15, 0.2) is 65.6 Å². The first-order chi connectivity index (χ1) is 13.2. The minimum absolute atomic E-state index is 0.121. The van der Waals surface area contributed by atoms with Crippen LogP contribution in [0.2, 0.25) is 0 Å². The van der Waals surface area contributed by atoms with E-state index in [0.29, 0.717) is 12.1 Å². The molecule has 27 heavy (non-hydrogen) atoms. The molecule has 2 N–H and O–H groups in total. The summed E-state index contributed by atoms with van der Waals surface area (Å²) in [5.74, 6) is -0.121. The van der Waals surface area contributed by atoms with Gasteiger partial charge < -0.3 is 9.88 Å². The number of nitrogens with one attached hydrogen (secondary N) is 2. The minimum Gasteiger partial charge on any atom is -0.354 e. The van der Waals surface area contributed by atoms with Crippen LogP contribution < -0.4 is 10.9 Å². The zero-order valence-corrected chi connectivity index (χ0v) is 15.0. The molecule has 1 amide bonds. The lowest BCUT2D eigenvalue weighted by Gasteiger charge is -2.16. The van der Waals surface area contributed by atoms with Crippen LogP contribution in [0.5, 0.6) is 0 Å². The van der Waals surface area contributed by atoms with Gasteiger partial charge in [-0.25, -0.2) is 5.10 Å². The molecular formula is C21H20N4O2. The van der Waals surface area contributed by atoms with E-state index in [1.807, 2.05) is 61.5 Å². The van der Waals surface area contributed by atoms with Gasteiger partial charge in [0.25, 0.3) is 5.56 Å². The molecule has 6 nitrogen and oxygen atoms in total. The molecule has 0 aliphatic heterocycles. The van der Waals surface area contributed by atoms with Gasteiger partial charge in [-0.3, -0.25) is 9.59 Å². The average molecular weight is 360 g/mol. The number of aromatic nitrogens is 3. The van der Waals surface area contributed by atoms with Crippen LogP contribution in [-0.2, 0) is 11.2 Å². The quantitative estimate of drug-likeness (QED) is 0.574. The highest BCUT2D eigenvalue weighted by molar-refractivity contribution is 6.08. The maximum Gasteiger partial charge on any atom is 0.288 e. The molecule has 0 aliphatic rings. The monoisotopic (exact) mass is 360 g/mol. The van der Waals surface area contributed by atoms with E-state index in [1.165, 1.54) is 5.56 Å². The first-order valence-electron chi connectivity index (χ1n) is 8.95. The van der Waals surface area contributed by atoms with E-state index >= 15 is 0 Å². The fourth-order valence-corrected chi connectivity index (χ4v) is 3.50. The molecule has 0 saturated heterocycles. The van der Waals surface area contributed by atoms with E-state index in [-0.39, 0.29) is 11.5 Å². The lowest BCUT2D eigenvalue weighted by Crippen LogP contribution is -2.33. The van der Waals surface area contributed by atoms with Gasteiger partial charge in [0.05, 0.1) is 11.7 Å². The van der Waals surface area contributed by atoms with Crippen molar-refractivity contribution in [1.82, 2.24) is 20.1 Å². The molecule has 2 heterocycles. The number of hydrogen-bond donors (Lipinski definition) is 2. The maximum atomic E-state index is 12.8. The van der Waals surface area contributed by atoms with E-state index < -0.39 is 6.04 Å². The number of benzene rings is 2. The highest BCUT2D eigenvalue weighted by Crippen LogP contribution is 2.29. The highest BCUT2D eigenvalue weighted by atomic mass is 16.2. The number of aromatic amines is 1. The molecule has 0 aliphatic carbocycles. The summed E-state index contributed by atoms with van der Waals surface area (Å²) in [6, 6.07) is 17.2. The van der Waals surface area contributed by atoms with Crippen LogP contribution in [0, 0.1) is 0 Å². The number of para-hydroxylation sites is 1. The van der Waals surface area contributed by atoms with Crippen LogP contribution >= 0.6 is 0 Å². The van der Waals surface area contributed by atoms with Crippen molar-refractivity contribution in [2.45, 2.75) is 19.4 Å². The van der Waals surface area contributed by atoms with Gasteiger partial charge in [0, 0.05) is 17.3 Å². The summed E-state index contributed by atoms with van der Waals surface area (Å²) in [6.07, 6.45) is 2.40. The van der Waals surface area contributed by atoms with Crippen molar-refractivity contribution in [2.24, 2.45) is 0 Å². The highest BCUT2D eigenvalue weighted by Gasteiger charge is 2.22. The fourth-order valence-electron chi connectivity index (χ4n) is 3.50. The van der Waals surface area contributed by atoms with Gasteiger partial charge in [0.15, 0.2) is 0 Å².